The van der Waals surface area contributed by atoms with Crippen LogP contribution in [0.4, 0.5) is 0 Å². The smallest absolute Gasteiger partial charge is 0.287 e. The summed E-state index contributed by atoms with van der Waals surface area (Å²) in [6.07, 6.45) is 8.83. The van der Waals surface area contributed by atoms with Crippen molar-refractivity contribution in [1.82, 2.24) is 24.8 Å². The molecule has 8 heteroatoms. The van der Waals surface area contributed by atoms with E-state index in [0.717, 1.165) is 38.0 Å². The fraction of sp³-hybridized carbons (Fsp3) is 0.345. The third kappa shape index (κ3) is 4.26. The minimum Gasteiger partial charge on any atom is -0.459 e. The first-order valence-electron chi connectivity index (χ1n) is 12.9. The average Bonchev–Trinajstić information content (AvgIpc) is 3.68. The SMILES string of the molecule is CCO[C@H]1[C@H](NC(=O)c2ccco2)c2ccccc2C12CCN(Cc1cccn1-c1ncccn1)CC2. The second-order valence-electron chi connectivity index (χ2n) is 9.74. The number of ether oxygens (including phenoxy) is 1. The van der Waals surface area contributed by atoms with Crippen LogP contribution in [0.5, 0.6) is 0 Å². The van der Waals surface area contributed by atoms with Crippen LogP contribution in [0.2, 0.25) is 0 Å². The molecule has 6 rings (SSSR count). The van der Waals surface area contributed by atoms with Crippen LogP contribution in [-0.4, -0.2) is 51.1 Å². The molecule has 1 aromatic carbocycles. The summed E-state index contributed by atoms with van der Waals surface area (Å²) >= 11 is 0. The van der Waals surface area contributed by atoms with E-state index in [4.69, 9.17) is 9.15 Å². The van der Waals surface area contributed by atoms with Gasteiger partial charge in [-0.25, -0.2) is 9.97 Å². The zero-order chi connectivity index (χ0) is 25.2. The Morgan fingerprint density at radius 1 is 1.08 bits per heavy atom. The van der Waals surface area contributed by atoms with Crippen LogP contribution in [0, 0.1) is 0 Å². The van der Waals surface area contributed by atoms with Crippen molar-refractivity contribution in [1.29, 1.82) is 0 Å². The molecule has 1 amide bonds. The van der Waals surface area contributed by atoms with Gasteiger partial charge in [0.15, 0.2) is 5.76 Å². The number of benzene rings is 1. The summed E-state index contributed by atoms with van der Waals surface area (Å²) in [6, 6.07) is 17.7. The van der Waals surface area contributed by atoms with Crippen molar-refractivity contribution in [3.8, 4) is 5.95 Å². The highest BCUT2D eigenvalue weighted by Crippen LogP contribution is 2.52. The van der Waals surface area contributed by atoms with E-state index in [0.29, 0.717) is 18.3 Å². The number of aromatic nitrogens is 3. The molecule has 1 saturated heterocycles. The fourth-order valence-electron chi connectivity index (χ4n) is 6.11. The zero-order valence-electron chi connectivity index (χ0n) is 20.9. The number of carbonyl (C=O) groups is 1. The molecule has 4 heterocycles. The summed E-state index contributed by atoms with van der Waals surface area (Å²) < 4.78 is 13.9. The Balaban J connectivity index is 1.24. The Hall–Kier alpha value is -3.75. The first-order valence-corrected chi connectivity index (χ1v) is 12.9. The molecule has 0 bridgehead atoms. The molecule has 0 unspecified atom stereocenters. The van der Waals surface area contributed by atoms with E-state index < -0.39 is 0 Å². The molecule has 2 aliphatic rings. The number of nitrogens with one attached hydrogen (secondary N) is 1. The topological polar surface area (TPSA) is 85.4 Å². The van der Waals surface area contributed by atoms with E-state index in [2.05, 4.69) is 49.0 Å². The quantitative estimate of drug-likeness (QED) is 0.410. The normalized spacial score (nSPS) is 20.7. The molecule has 1 aliphatic carbocycles. The van der Waals surface area contributed by atoms with Gasteiger partial charge in [0.1, 0.15) is 0 Å². The van der Waals surface area contributed by atoms with Gasteiger partial charge < -0.3 is 14.5 Å². The fourth-order valence-corrected chi connectivity index (χ4v) is 6.11. The van der Waals surface area contributed by atoms with Crippen LogP contribution in [0.3, 0.4) is 0 Å². The third-order valence-electron chi connectivity index (χ3n) is 7.79. The molecule has 37 heavy (non-hydrogen) atoms. The number of likely N-dealkylation sites (tertiary alicyclic amines) is 1. The Labute approximate surface area is 216 Å². The van der Waals surface area contributed by atoms with Crippen molar-refractivity contribution >= 4 is 5.91 Å². The lowest BCUT2D eigenvalue weighted by atomic mass is 9.71. The molecule has 8 nitrogen and oxygen atoms in total. The van der Waals surface area contributed by atoms with E-state index in [1.165, 1.54) is 17.5 Å². The highest BCUT2D eigenvalue weighted by atomic mass is 16.5. The summed E-state index contributed by atoms with van der Waals surface area (Å²) in [4.78, 5) is 24.3. The second-order valence-corrected chi connectivity index (χ2v) is 9.74. The van der Waals surface area contributed by atoms with E-state index in [9.17, 15) is 4.79 Å². The van der Waals surface area contributed by atoms with Crippen molar-refractivity contribution in [2.24, 2.45) is 0 Å². The number of carbonyl (C=O) groups excluding carboxylic acids is 1. The molecule has 3 aromatic heterocycles. The lowest BCUT2D eigenvalue weighted by Gasteiger charge is -2.44. The molecule has 190 valence electrons. The van der Waals surface area contributed by atoms with Crippen LogP contribution < -0.4 is 5.32 Å². The summed E-state index contributed by atoms with van der Waals surface area (Å²) in [5, 5.41) is 3.23. The van der Waals surface area contributed by atoms with Crippen LogP contribution in [0.1, 0.15) is 53.2 Å². The summed E-state index contributed by atoms with van der Waals surface area (Å²) in [7, 11) is 0. The standard InChI is InChI=1S/C29H31N5O3/c1-2-36-26-25(32-27(35)24-11-6-19-37-24)22-9-3-4-10-23(22)29(26)12-17-33(18-13-29)20-21-8-5-16-34(21)28-30-14-7-15-31-28/h3-11,14-16,19,25-26H,2,12-13,17-18,20H2,1H3,(H,32,35)/t25-,26+/m1/s1. The number of hydrogen-bond acceptors (Lipinski definition) is 6. The van der Waals surface area contributed by atoms with Crippen LogP contribution in [-0.2, 0) is 16.7 Å². The predicted molar refractivity (Wildman–Crippen MR) is 138 cm³/mol. The lowest BCUT2D eigenvalue weighted by molar-refractivity contribution is -0.0337. The van der Waals surface area contributed by atoms with E-state index in [1.54, 1.807) is 24.5 Å². The molecule has 1 N–H and O–H groups in total. The molecule has 0 saturated carbocycles. The van der Waals surface area contributed by atoms with Crippen molar-refractivity contribution in [3.63, 3.8) is 0 Å². The second kappa shape index (κ2) is 9.95. The molecule has 1 spiro atoms. The Morgan fingerprint density at radius 2 is 1.89 bits per heavy atom. The summed E-state index contributed by atoms with van der Waals surface area (Å²) in [5.74, 6) is 0.786. The number of rotatable bonds is 7. The van der Waals surface area contributed by atoms with Gasteiger partial charge in [0.25, 0.3) is 5.91 Å². The van der Waals surface area contributed by atoms with E-state index in [1.807, 2.05) is 31.3 Å². The maximum Gasteiger partial charge on any atom is 0.287 e. The van der Waals surface area contributed by atoms with E-state index >= 15 is 0 Å². The average molecular weight is 498 g/mol. The third-order valence-corrected chi connectivity index (χ3v) is 7.79. The molecule has 4 aromatic rings. The number of furan rings is 1. The maximum atomic E-state index is 13.0. The van der Waals surface area contributed by atoms with Crippen LogP contribution in [0.15, 0.2) is 83.9 Å². The van der Waals surface area contributed by atoms with Gasteiger partial charge in [-0.2, -0.15) is 0 Å². The number of piperidine rings is 1. The monoisotopic (exact) mass is 497 g/mol. The van der Waals surface area contributed by atoms with Gasteiger partial charge in [-0.05, 0) is 74.3 Å². The van der Waals surface area contributed by atoms with Gasteiger partial charge in [-0.15, -0.1) is 0 Å². The minimum atomic E-state index is -0.229. The number of amides is 1. The molecule has 0 radical (unpaired) electrons. The first kappa shape index (κ1) is 23.6. The Bertz CT molecular complexity index is 1340. The highest BCUT2D eigenvalue weighted by Gasteiger charge is 2.54. The molecule has 2 atom stereocenters. The van der Waals surface area contributed by atoms with Crippen LogP contribution in [0.25, 0.3) is 5.95 Å². The van der Waals surface area contributed by atoms with Gasteiger partial charge >= 0.3 is 0 Å². The molecule has 1 aliphatic heterocycles. The molecular formula is C29H31N5O3. The lowest BCUT2D eigenvalue weighted by Crippen LogP contribution is -2.50. The van der Waals surface area contributed by atoms with Crippen molar-refractivity contribution in [2.45, 2.75) is 43.9 Å². The summed E-state index contributed by atoms with van der Waals surface area (Å²) in [5.41, 5.74) is 3.44. The van der Waals surface area contributed by atoms with Gasteiger partial charge in [0.2, 0.25) is 5.95 Å². The van der Waals surface area contributed by atoms with Crippen molar-refractivity contribution < 1.29 is 13.9 Å². The van der Waals surface area contributed by atoms with Crippen LogP contribution >= 0.6 is 0 Å². The zero-order valence-corrected chi connectivity index (χ0v) is 20.9. The van der Waals surface area contributed by atoms with Gasteiger partial charge in [0.05, 0.1) is 18.4 Å². The summed E-state index contributed by atoms with van der Waals surface area (Å²) in [6.45, 7) is 5.29. The molecular weight excluding hydrogens is 466 g/mol. The molecule has 1 fully saturated rings. The van der Waals surface area contributed by atoms with Crippen molar-refractivity contribution in [2.75, 3.05) is 19.7 Å². The van der Waals surface area contributed by atoms with Crippen molar-refractivity contribution in [3.05, 3.63) is 102 Å². The largest absolute Gasteiger partial charge is 0.459 e. The maximum absolute atomic E-state index is 13.0. The van der Waals surface area contributed by atoms with Gasteiger partial charge in [-0.3, -0.25) is 14.3 Å². The highest BCUT2D eigenvalue weighted by molar-refractivity contribution is 5.91. The Morgan fingerprint density at radius 3 is 2.65 bits per heavy atom. The number of nitrogens with zero attached hydrogens (tertiary/aromatic N) is 4. The number of hydrogen-bond donors (Lipinski definition) is 1. The number of fused-ring (bicyclic) bond motifs is 2. The van der Waals surface area contributed by atoms with Gasteiger partial charge in [0, 0.05) is 42.9 Å². The predicted octanol–water partition coefficient (Wildman–Crippen LogP) is 4.28. The van der Waals surface area contributed by atoms with E-state index in [-0.39, 0.29) is 23.5 Å². The minimum absolute atomic E-state index is 0.141. The first-order chi connectivity index (χ1) is 18.2. The Kier molecular flexibility index (Phi) is 6.36. The van der Waals surface area contributed by atoms with Gasteiger partial charge in [-0.1, -0.05) is 24.3 Å².